The Morgan fingerprint density at radius 2 is 1.83 bits per heavy atom. The van der Waals surface area contributed by atoms with Crippen molar-refractivity contribution in [1.82, 2.24) is 14.7 Å². The monoisotopic (exact) mass is 355 g/mol. The third-order valence-electron chi connectivity index (χ3n) is 3.48. The first-order valence-corrected chi connectivity index (χ1v) is 8.33. The number of rotatable bonds is 4. The molecular weight excluding hydrogens is 343 g/mol. The number of benzene rings is 1. The summed E-state index contributed by atoms with van der Waals surface area (Å²) in [6, 6.07) is 6.86. The number of aromatic amines is 1. The number of fused-ring (bicyclic) bond motifs is 1. The van der Waals surface area contributed by atoms with Crippen LogP contribution >= 0.6 is 0 Å². The summed E-state index contributed by atoms with van der Waals surface area (Å²) in [5.74, 6) is 0. The lowest BCUT2D eigenvalue weighted by Crippen LogP contribution is -2.23. The number of hydrogen-bond donors (Lipinski definition) is 2. The van der Waals surface area contributed by atoms with Crippen LogP contribution in [0, 0.1) is 0 Å². The number of aromatic nitrogens is 2. The van der Waals surface area contributed by atoms with E-state index < -0.39 is 21.8 Å². The third kappa shape index (κ3) is 3.26. The lowest BCUT2D eigenvalue weighted by molar-refractivity contribution is -0.137. The molecule has 0 aliphatic heterocycles. The third-order valence-corrected chi connectivity index (χ3v) is 4.90. The van der Waals surface area contributed by atoms with Crippen LogP contribution in [0.4, 0.5) is 13.2 Å². The van der Waals surface area contributed by atoms with Gasteiger partial charge in [-0.25, -0.2) is 18.1 Å². The van der Waals surface area contributed by atoms with Crippen molar-refractivity contribution >= 4 is 21.1 Å². The number of alkyl halides is 3. The molecule has 0 saturated heterocycles. The first-order valence-electron chi connectivity index (χ1n) is 6.85. The molecule has 1 aromatic carbocycles. The van der Waals surface area contributed by atoms with E-state index in [9.17, 15) is 21.6 Å². The summed E-state index contributed by atoms with van der Waals surface area (Å²) in [6.45, 7) is -0.00491. The lowest BCUT2D eigenvalue weighted by Gasteiger charge is -2.09. The van der Waals surface area contributed by atoms with Gasteiger partial charge in [-0.2, -0.15) is 13.2 Å². The Bertz CT molecular complexity index is 964. The van der Waals surface area contributed by atoms with E-state index in [2.05, 4.69) is 14.7 Å². The zero-order valence-corrected chi connectivity index (χ0v) is 12.9. The van der Waals surface area contributed by atoms with E-state index in [1.54, 1.807) is 24.5 Å². The molecule has 5 nitrogen and oxygen atoms in total. The van der Waals surface area contributed by atoms with Gasteiger partial charge in [-0.15, -0.1) is 0 Å². The standard InChI is InChI=1S/C15H12F3N3O2S/c16-15(17,18)11-3-5-12(6-4-11)24(22,23)21-9-10-8-20-14-13(10)2-1-7-19-14/h1-8,21H,9H2,(H,19,20). The second-order valence-corrected chi connectivity index (χ2v) is 6.83. The summed E-state index contributed by atoms with van der Waals surface area (Å²) < 4.78 is 64.4. The van der Waals surface area contributed by atoms with Crippen molar-refractivity contribution in [2.45, 2.75) is 17.6 Å². The van der Waals surface area contributed by atoms with Crippen LogP contribution < -0.4 is 4.72 Å². The average molecular weight is 355 g/mol. The second kappa shape index (κ2) is 5.91. The van der Waals surface area contributed by atoms with Crippen molar-refractivity contribution in [2.24, 2.45) is 0 Å². The van der Waals surface area contributed by atoms with Crippen LogP contribution in [0.2, 0.25) is 0 Å². The van der Waals surface area contributed by atoms with Crippen molar-refractivity contribution in [3.8, 4) is 0 Å². The highest BCUT2D eigenvalue weighted by Crippen LogP contribution is 2.29. The zero-order valence-electron chi connectivity index (χ0n) is 12.1. The van der Waals surface area contributed by atoms with E-state index in [1.165, 1.54) is 0 Å². The smallest absolute Gasteiger partial charge is 0.346 e. The fourth-order valence-electron chi connectivity index (χ4n) is 2.24. The molecule has 0 radical (unpaired) electrons. The van der Waals surface area contributed by atoms with E-state index in [4.69, 9.17) is 0 Å². The molecule has 0 aliphatic carbocycles. The molecule has 0 bridgehead atoms. The Hall–Kier alpha value is -2.39. The van der Waals surface area contributed by atoms with Crippen molar-refractivity contribution in [1.29, 1.82) is 0 Å². The van der Waals surface area contributed by atoms with Crippen molar-refractivity contribution in [3.63, 3.8) is 0 Å². The van der Waals surface area contributed by atoms with Crippen LogP contribution in [0.5, 0.6) is 0 Å². The SMILES string of the molecule is O=S(=O)(NCc1c[nH]c2ncccc12)c1ccc(C(F)(F)F)cc1. The van der Waals surface area contributed by atoms with Gasteiger partial charge in [-0.1, -0.05) is 0 Å². The van der Waals surface area contributed by atoms with Crippen molar-refractivity contribution in [3.05, 3.63) is 59.9 Å². The van der Waals surface area contributed by atoms with Gasteiger partial charge in [-0.3, -0.25) is 0 Å². The fraction of sp³-hybridized carbons (Fsp3) is 0.133. The molecule has 24 heavy (non-hydrogen) atoms. The predicted molar refractivity (Wildman–Crippen MR) is 81.6 cm³/mol. The molecule has 3 aromatic rings. The second-order valence-electron chi connectivity index (χ2n) is 5.06. The lowest BCUT2D eigenvalue weighted by atomic mass is 10.2. The van der Waals surface area contributed by atoms with Gasteiger partial charge in [0.2, 0.25) is 10.0 Å². The highest BCUT2D eigenvalue weighted by atomic mass is 32.2. The van der Waals surface area contributed by atoms with Gasteiger partial charge in [0, 0.05) is 24.3 Å². The molecule has 2 aromatic heterocycles. The number of halogens is 3. The molecule has 126 valence electrons. The summed E-state index contributed by atoms with van der Waals surface area (Å²) in [6.07, 6.45) is -1.27. The van der Waals surface area contributed by atoms with Crippen LogP contribution in [0.25, 0.3) is 11.0 Å². The largest absolute Gasteiger partial charge is 0.416 e. The molecule has 0 spiro atoms. The van der Waals surface area contributed by atoms with Gasteiger partial charge < -0.3 is 4.98 Å². The zero-order chi connectivity index (χ0) is 17.4. The molecular formula is C15H12F3N3O2S. The van der Waals surface area contributed by atoms with E-state index >= 15 is 0 Å². The quantitative estimate of drug-likeness (QED) is 0.755. The van der Waals surface area contributed by atoms with Gasteiger partial charge in [0.05, 0.1) is 10.5 Å². The number of hydrogen-bond acceptors (Lipinski definition) is 3. The summed E-state index contributed by atoms with van der Waals surface area (Å²) in [7, 11) is -3.92. The van der Waals surface area contributed by atoms with E-state index in [0.717, 1.165) is 29.7 Å². The first kappa shape index (κ1) is 16.5. The number of nitrogens with zero attached hydrogens (tertiary/aromatic N) is 1. The number of pyridine rings is 1. The molecule has 0 saturated carbocycles. The molecule has 9 heteroatoms. The maximum Gasteiger partial charge on any atom is 0.416 e. The van der Waals surface area contributed by atoms with Crippen molar-refractivity contribution in [2.75, 3.05) is 0 Å². The first-order chi connectivity index (χ1) is 11.3. The van der Waals surface area contributed by atoms with Gasteiger partial charge in [0.15, 0.2) is 0 Å². The van der Waals surface area contributed by atoms with Crippen LogP contribution in [-0.4, -0.2) is 18.4 Å². The number of H-pyrrole nitrogens is 1. The van der Waals surface area contributed by atoms with Crippen LogP contribution in [0.1, 0.15) is 11.1 Å². The molecule has 0 atom stereocenters. The summed E-state index contributed by atoms with van der Waals surface area (Å²) in [4.78, 5) is 6.79. The van der Waals surface area contributed by atoms with Gasteiger partial charge in [0.1, 0.15) is 5.65 Å². The van der Waals surface area contributed by atoms with Gasteiger partial charge in [-0.05, 0) is 42.0 Å². The Labute approximate surface area is 135 Å². The van der Waals surface area contributed by atoms with Gasteiger partial charge in [0.25, 0.3) is 0 Å². The minimum atomic E-state index is -4.51. The molecule has 2 heterocycles. The van der Waals surface area contributed by atoms with Crippen LogP contribution in [0.3, 0.4) is 0 Å². The van der Waals surface area contributed by atoms with Crippen LogP contribution in [0.15, 0.2) is 53.7 Å². The fourth-order valence-corrected chi connectivity index (χ4v) is 3.24. The molecule has 2 N–H and O–H groups in total. The molecule has 0 fully saturated rings. The predicted octanol–water partition coefficient (Wildman–Crippen LogP) is 3.06. The summed E-state index contributed by atoms with van der Waals surface area (Å²) >= 11 is 0. The highest BCUT2D eigenvalue weighted by Gasteiger charge is 2.30. The molecule has 0 unspecified atom stereocenters. The summed E-state index contributed by atoms with van der Waals surface area (Å²) in [5, 5.41) is 0.771. The maximum absolute atomic E-state index is 12.5. The Balaban J connectivity index is 1.79. The number of sulfonamides is 1. The maximum atomic E-state index is 12.5. The van der Waals surface area contributed by atoms with Crippen molar-refractivity contribution < 1.29 is 21.6 Å². The highest BCUT2D eigenvalue weighted by molar-refractivity contribution is 7.89. The van der Waals surface area contributed by atoms with Crippen LogP contribution in [-0.2, 0) is 22.7 Å². The Morgan fingerprint density at radius 1 is 1.12 bits per heavy atom. The van der Waals surface area contributed by atoms with E-state index in [0.29, 0.717) is 11.2 Å². The molecule has 3 rings (SSSR count). The van der Waals surface area contributed by atoms with E-state index in [1.807, 2.05) is 0 Å². The Kier molecular flexibility index (Phi) is 4.06. The topological polar surface area (TPSA) is 74.8 Å². The minimum Gasteiger partial charge on any atom is -0.346 e. The van der Waals surface area contributed by atoms with Gasteiger partial charge >= 0.3 is 6.18 Å². The molecule has 0 amide bonds. The van der Waals surface area contributed by atoms with E-state index in [-0.39, 0.29) is 11.4 Å². The average Bonchev–Trinajstić information content (AvgIpc) is 2.96. The minimum absolute atomic E-state index is 0.00491. The summed E-state index contributed by atoms with van der Waals surface area (Å²) in [5.41, 5.74) is 0.416. The number of nitrogens with one attached hydrogen (secondary N) is 2. The Morgan fingerprint density at radius 3 is 2.50 bits per heavy atom. The molecule has 0 aliphatic rings. The normalized spacial score (nSPS) is 12.6.